The van der Waals surface area contributed by atoms with Crippen LogP contribution in [0, 0.1) is 12.7 Å². The highest BCUT2D eigenvalue weighted by molar-refractivity contribution is 5.50. The summed E-state index contributed by atoms with van der Waals surface area (Å²) < 4.78 is 18.0. The van der Waals surface area contributed by atoms with E-state index in [0.717, 1.165) is 0 Å². The number of methoxy groups -OCH3 is 1. The van der Waals surface area contributed by atoms with Crippen molar-refractivity contribution in [2.45, 2.75) is 26.4 Å². The van der Waals surface area contributed by atoms with Crippen molar-refractivity contribution in [1.82, 2.24) is 0 Å². The van der Waals surface area contributed by atoms with Gasteiger partial charge in [0, 0.05) is 12.0 Å². The molecule has 0 bridgehead atoms. The Balaban J connectivity index is 3.26. The highest BCUT2D eigenvalue weighted by atomic mass is 19.1. The lowest BCUT2D eigenvalue weighted by molar-refractivity contribution is 0.193. The number of halogens is 1. The number of hydrogen-bond donors (Lipinski definition) is 2. The van der Waals surface area contributed by atoms with Crippen LogP contribution in [-0.4, -0.2) is 23.4 Å². The number of ether oxygens (including phenoxy) is 1. The van der Waals surface area contributed by atoms with E-state index in [2.05, 4.69) is 0 Å². The lowest BCUT2D eigenvalue weighted by Crippen LogP contribution is -2.07. The van der Waals surface area contributed by atoms with Gasteiger partial charge in [-0.1, -0.05) is 0 Å². The van der Waals surface area contributed by atoms with Crippen LogP contribution in [0.4, 0.5) is 4.39 Å². The molecule has 0 saturated carbocycles. The van der Waals surface area contributed by atoms with E-state index < -0.39 is 11.9 Å². The smallest absolute Gasteiger partial charge is 0.196 e. The van der Waals surface area contributed by atoms with Crippen molar-refractivity contribution >= 4 is 0 Å². The molecule has 1 unspecified atom stereocenters. The maximum absolute atomic E-state index is 13.3. The van der Waals surface area contributed by atoms with Crippen LogP contribution in [0.25, 0.3) is 0 Å². The van der Waals surface area contributed by atoms with Crippen LogP contribution in [0.1, 0.15) is 18.1 Å². The normalized spacial score (nSPS) is 12.6. The number of phenolic OH excluding ortho intramolecular Hbond substituents is 1. The Hall–Kier alpha value is -1.29. The number of benzene rings is 1. The molecule has 0 heterocycles. The van der Waals surface area contributed by atoms with Gasteiger partial charge in [0.05, 0.1) is 13.2 Å². The Labute approximate surface area is 88.1 Å². The van der Waals surface area contributed by atoms with Gasteiger partial charge in [0.2, 0.25) is 0 Å². The molecule has 1 rings (SSSR count). The first-order valence-corrected chi connectivity index (χ1v) is 4.70. The minimum atomic E-state index is -0.596. The predicted molar refractivity (Wildman–Crippen MR) is 54.7 cm³/mol. The molecule has 0 aliphatic rings. The van der Waals surface area contributed by atoms with Gasteiger partial charge in [-0.3, -0.25) is 0 Å². The molecular weight excluding hydrogens is 199 g/mol. The van der Waals surface area contributed by atoms with E-state index >= 15 is 0 Å². The fourth-order valence-corrected chi connectivity index (χ4v) is 1.53. The summed E-state index contributed by atoms with van der Waals surface area (Å²) in [5.74, 6) is -0.992. The largest absolute Gasteiger partial charge is 0.504 e. The summed E-state index contributed by atoms with van der Waals surface area (Å²) >= 11 is 0. The molecule has 84 valence electrons. The highest BCUT2D eigenvalue weighted by Gasteiger charge is 2.17. The molecule has 0 spiro atoms. The third-order valence-corrected chi connectivity index (χ3v) is 2.24. The topological polar surface area (TPSA) is 49.7 Å². The summed E-state index contributed by atoms with van der Waals surface area (Å²) in [6, 6.07) is 1.29. The first kappa shape index (κ1) is 11.8. The number of aromatic hydroxyl groups is 1. The van der Waals surface area contributed by atoms with Crippen molar-refractivity contribution in [2.24, 2.45) is 0 Å². The summed E-state index contributed by atoms with van der Waals surface area (Å²) in [6.45, 7) is 3.29. The number of aryl methyl sites for hydroxylation is 1. The van der Waals surface area contributed by atoms with Gasteiger partial charge < -0.3 is 14.9 Å². The van der Waals surface area contributed by atoms with Gasteiger partial charge in [0.15, 0.2) is 17.3 Å². The Morgan fingerprint density at radius 3 is 2.60 bits per heavy atom. The first-order valence-electron chi connectivity index (χ1n) is 4.70. The van der Waals surface area contributed by atoms with E-state index in [1.165, 1.54) is 13.2 Å². The van der Waals surface area contributed by atoms with E-state index in [1.54, 1.807) is 13.8 Å². The summed E-state index contributed by atoms with van der Waals surface area (Å²) in [6.07, 6.45) is -0.321. The molecule has 0 saturated heterocycles. The second-order valence-corrected chi connectivity index (χ2v) is 3.59. The van der Waals surface area contributed by atoms with Gasteiger partial charge in [-0.05, 0) is 25.5 Å². The van der Waals surface area contributed by atoms with Crippen LogP contribution in [0.15, 0.2) is 6.07 Å². The number of hydrogen-bond acceptors (Lipinski definition) is 3. The summed E-state index contributed by atoms with van der Waals surface area (Å²) in [5.41, 5.74) is 1.12. The average Bonchev–Trinajstić information content (AvgIpc) is 2.12. The zero-order valence-corrected chi connectivity index (χ0v) is 9.04. The Morgan fingerprint density at radius 1 is 1.53 bits per heavy atom. The fraction of sp³-hybridized carbons (Fsp3) is 0.455. The second-order valence-electron chi connectivity index (χ2n) is 3.59. The molecule has 1 atom stereocenters. The van der Waals surface area contributed by atoms with Gasteiger partial charge in [-0.15, -0.1) is 0 Å². The minimum Gasteiger partial charge on any atom is -0.504 e. The molecule has 0 radical (unpaired) electrons. The lowest BCUT2D eigenvalue weighted by Gasteiger charge is -2.14. The van der Waals surface area contributed by atoms with Crippen molar-refractivity contribution in [3.63, 3.8) is 0 Å². The van der Waals surface area contributed by atoms with E-state index in [4.69, 9.17) is 4.74 Å². The zero-order valence-electron chi connectivity index (χ0n) is 9.04. The molecule has 0 aromatic heterocycles. The fourth-order valence-electron chi connectivity index (χ4n) is 1.53. The molecule has 4 heteroatoms. The zero-order chi connectivity index (χ0) is 11.6. The van der Waals surface area contributed by atoms with Crippen LogP contribution in [-0.2, 0) is 6.42 Å². The molecular formula is C11H15FO3. The molecule has 3 nitrogen and oxygen atoms in total. The van der Waals surface area contributed by atoms with Gasteiger partial charge in [0.25, 0.3) is 0 Å². The van der Waals surface area contributed by atoms with Crippen LogP contribution in [0.2, 0.25) is 0 Å². The number of aliphatic hydroxyl groups excluding tert-OH is 1. The summed E-state index contributed by atoms with van der Waals surface area (Å²) in [4.78, 5) is 0. The molecule has 1 aromatic rings. The van der Waals surface area contributed by atoms with Crippen LogP contribution < -0.4 is 4.74 Å². The van der Waals surface area contributed by atoms with Crippen LogP contribution in [0.3, 0.4) is 0 Å². The summed E-state index contributed by atoms with van der Waals surface area (Å²) in [7, 11) is 1.29. The number of aliphatic hydroxyl groups is 1. The quantitative estimate of drug-likeness (QED) is 0.806. The van der Waals surface area contributed by atoms with Crippen molar-refractivity contribution in [3.05, 3.63) is 23.0 Å². The molecule has 2 N–H and O–H groups in total. The maximum atomic E-state index is 13.3. The second kappa shape index (κ2) is 4.49. The molecule has 0 aliphatic carbocycles. The van der Waals surface area contributed by atoms with Crippen LogP contribution in [0.5, 0.6) is 11.5 Å². The van der Waals surface area contributed by atoms with Crippen molar-refractivity contribution in [3.8, 4) is 11.5 Å². The Morgan fingerprint density at radius 2 is 2.13 bits per heavy atom. The summed E-state index contributed by atoms with van der Waals surface area (Å²) in [5, 5.41) is 19.0. The average molecular weight is 214 g/mol. The monoisotopic (exact) mass is 214 g/mol. The van der Waals surface area contributed by atoms with Gasteiger partial charge in [0.1, 0.15) is 0 Å². The van der Waals surface area contributed by atoms with Crippen molar-refractivity contribution in [2.75, 3.05) is 7.11 Å². The highest BCUT2D eigenvalue weighted by Crippen LogP contribution is 2.35. The molecule has 15 heavy (non-hydrogen) atoms. The van der Waals surface area contributed by atoms with E-state index in [-0.39, 0.29) is 17.9 Å². The van der Waals surface area contributed by atoms with Gasteiger partial charge >= 0.3 is 0 Å². The first-order chi connectivity index (χ1) is 6.97. The van der Waals surface area contributed by atoms with Crippen molar-refractivity contribution < 1.29 is 19.3 Å². The van der Waals surface area contributed by atoms with Crippen LogP contribution >= 0.6 is 0 Å². The Kier molecular flexibility index (Phi) is 3.52. The third-order valence-electron chi connectivity index (χ3n) is 2.24. The number of rotatable bonds is 3. The molecule has 1 aromatic carbocycles. The van der Waals surface area contributed by atoms with Gasteiger partial charge in [-0.2, -0.15) is 0 Å². The van der Waals surface area contributed by atoms with Gasteiger partial charge in [-0.25, -0.2) is 4.39 Å². The molecule has 0 fully saturated rings. The van der Waals surface area contributed by atoms with Crippen molar-refractivity contribution in [1.29, 1.82) is 0 Å². The maximum Gasteiger partial charge on any atom is 0.196 e. The minimum absolute atomic E-state index is 0.170. The third kappa shape index (κ3) is 2.39. The van der Waals surface area contributed by atoms with E-state index in [9.17, 15) is 14.6 Å². The molecule has 0 amide bonds. The molecule has 0 aliphatic heterocycles. The number of phenols is 1. The SMILES string of the molecule is COc1c(F)cc(C)c(CC(C)O)c1O. The lowest BCUT2D eigenvalue weighted by atomic mass is 10.0. The van der Waals surface area contributed by atoms with E-state index in [0.29, 0.717) is 11.1 Å². The van der Waals surface area contributed by atoms with E-state index in [1.807, 2.05) is 0 Å². The Bertz CT molecular complexity index is 361. The standard InChI is InChI=1S/C11H15FO3/c1-6-4-9(12)11(15-3)10(14)8(6)5-7(2)13/h4,7,13-14H,5H2,1-3H3. The predicted octanol–water partition coefficient (Wildman–Crippen LogP) is 1.77.